The molecule has 2 aliphatic rings. The Bertz CT molecular complexity index is 834. The van der Waals surface area contributed by atoms with E-state index in [-0.39, 0.29) is 5.41 Å². The van der Waals surface area contributed by atoms with Crippen molar-refractivity contribution in [2.24, 2.45) is 0 Å². The molecular formula is C19H29N7O. The molecule has 2 aliphatic heterocycles. The quantitative estimate of drug-likeness (QED) is 0.786. The van der Waals surface area contributed by atoms with Crippen molar-refractivity contribution in [3.63, 3.8) is 0 Å². The molecular weight excluding hydrogens is 342 g/mol. The van der Waals surface area contributed by atoms with Gasteiger partial charge < -0.3 is 9.80 Å². The molecule has 8 heteroatoms. The number of nitrogens with zero attached hydrogens (tertiary/aromatic N) is 7. The summed E-state index contributed by atoms with van der Waals surface area (Å²) in [7, 11) is 2.15. The molecule has 8 nitrogen and oxygen atoms in total. The number of likely N-dealkylation sites (N-methyl/N-ethyl adjacent to an activating group) is 1. The molecule has 2 fully saturated rings. The van der Waals surface area contributed by atoms with Crippen molar-refractivity contribution in [2.45, 2.75) is 45.1 Å². The van der Waals surface area contributed by atoms with Gasteiger partial charge in [0.2, 0.25) is 5.91 Å². The molecule has 0 aliphatic carbocycles. The molecule has 1 amide bonds. The first-order valence-corrected chi connectivity index (χ1v) is 9.79. The summed E-state index contributed by atoms with van der Waals surface area (Å²) in [5.41, 5.74) is 0.684. The summed E-state index contributed by atoms with van der Waals surface area (Å²) in [6.07, 6.45) is 1.72. The molecule has 0 radical (unpaired) electrons. The fraction of sp³-hybridized carbons (Fsp3) is 0.684. The second-order valence-corrected chi connectivity index (χ2v) is 8.76. The molecule has 0 N–H and O–H groups in total. The van der Waals surface area contributed by atoms with Crippen LogP contribution in [0, 0.1) is 0 Å². The number of aromatic nitrogens is 4. The van der Waals surface area contributed by atoms with Crippen LogP contribution in [0.4, 0.5) is 5.82 Å². The van der Waals surface area contributed by atoms with Crippen molar-refractivity contribution in [1.29, 1.82) is 0 Å². The maximum Gasteiger partial charge on any atom is 0.222 e. The molecule has 0 saturated carbocycles. The van der Waals surface area contributed by atoms with Gasteiger partial charge in [-0.1, -0.05) is 20.8 Å². The zero-order valence-electron chi connectivity index (χ0n) is 16.7. The van der Waals surface area contributed by atoms with E-state index in [9.17, 15) is 4.79 Å². The standard InChI is InChI=1S/C19H29N7O/c1-19(2,3)18-21-20-15-7-8-16(22-26(15)18)25-12-14(13-25)23(4)10-11-24-9-5-6-17(24)27/h7-8,14H,5-6,9-13H2,1-4H3. The second-order valence-electron chi connectivity index (χ2n) is 8.76. The van der Waals surface area contributed by atoms with Gasteiger partial charge in [0.1, 0.15) is 5.82 Å². The van der Waals surface area contributed by atoms with E-state index in [2.05, 4.69) is 47.8 Å². The van der Waals surface area contributed by atoms with Crippen molar-refractivity contribution in [3.8, 4) is 0 Å². The monoisotopic (exact) mass is 371 g/mol. The van der Waals surface area contributed by atoms with Crippen molar-refractivity contribution in [1.82, 2.24) is 29.6 Å². The van der Waals surface area contributed by atoms with Gasteiger partial charge in [0, 0.05) is 50.6 Å². The van der Waals surface area contributed by atoms with Crippen LogP contribution in [0.3, 0.4) is 0 Å². The van der Waals surface area contributed by atoms with Crippen LogP contribution < -0.4 is 4.90 Å². The lowest BCUT2D eigenvalue weighted by atomic mass is 9.96. The first-order valence-electron chi connectivity index (χ1n) is 9.79. The number of hydrogen-bond donors (Lipinski definition) is 0. The summed E-state index contributed by atoms with van der Waals surface area (Å²) in [6.45, 7) is 11.0. The Morgan fingerprint density at radius 2 is 2.00 bits per heavy atom. The molecule has 27 heavy (non-hydrogen) atoms. The average molecular weight is 371 g/mol. The van der Waals surface area contributed by atoms with Gasteiger partial charge in [-0.15, -0.1) is 15.3 Å². The molecule has 0 spiro atoms. The maximum atomic E-state index is 11.7. The highest BCUT2D eigenvalue weighted by Gasteiger charge is 2.32. The third-order valence-electron chi connectivity index (χ3n) is 5.62. The fourth-order valence-electron chi connectivity index (χ4n) is 3.74. The Morgan fingerprint density at radius 3 is 2.67 bits per heavy atom. The van der Waals surface area contributed by atoms with Gasteiger partial charge in [-0.3, -0.25) is 9.69 Å². The molecule has 0 atom stereocenters. The molecule has 0 unspecified atom stereocenters. The van der Waals surface area contributed by atoms with Crippen LogP contribution in [0.5, 0.6) is 0 Å². The average Bonchev–Trinajstić information content (AvgIpc) is 3.16. The summed E-state index contributed by atoms with van der Waals surface area (Å²) in [5.74, 6) is 2.15. The van der Waals surface area contributed by atoms with Crippen LogP contribution in [-0.4, -0.2) is 81.3 Å². The third-order valence-corrected chi connectivity index (χ3v) is 5.62. The SMILES string of the molecule is CN(CCN1CCCC1=O)C1CN(c2ccc3nnc(C(C)(C)C)n3n2)C1. The Kier molecular flexibility index (Phi) is 4.53. The lowest BCUT2D eigenvalue weighted by Gasteiger charge is -2.45. The normalized spacial score (nSPS) is 18.8. The van der Waals surface area contributed by atoms with Crippen LogP contribution in [0.15, 0.2) is 12.1 Å². The van der Waals surface area contributed by atoms with Crippen molar-refractivity contribution in [2.75, 3.05) is 44.7 Å². The molecule has 146 valence electrons. The number of amides is 1. The summed E-state index contributed by atoms with van der Waals surface area (Å²) in [5, 5.41) is 13.3. The van der Waals surface area contributed by atoms with E-state index in [0.29, 0.717) is 18.4 Å². The number of anilines is 1. The number of carbonyl (C=O) groups is 1. The Balaban J connectivity index is 1.37. The third kappa shape index (κ3) is 3.50. The van der Waals surface area contributed by atoms with E-state index in [1.54, 1.807) is 0 Å². The van der Waals surface area contributed by atoms with Crippen molar-refractivity contribution < 1.29 is 4.79 Å². The number of rotatable bonds is 5. The van der Waals surface area contributed by atoms with E-state index in [4.69, 9.17) is 5.10 Å². The summed E-state index contributed by atoms with van der Waals surface area (Å²) in [4.78, 5) is 18.4. The molecule has 2 saturated heterocycles. The highest BCUT2D eigenvalue weighted by molar-refractivity contribution is 5.78. The van der Waals surface area contributed by atoms with Crippen molar-refractivity contribution in [3.05, 3.63) is 18.0 Å². The first kappa shape index (κ1) is 18.2. The van der Waals surface area contributed by atoms with Crippen molar-refractivity contribution >= 4 is 17.4 Å². The van der Waals surface area contributed by atoms with Gasteiger partial charge >= 0.3 is 0 Å². The predicted molar refractivity (Wildman–Crippen MR) is 104 cm³/mol. The molecule has 2 aromatic heterocycles. The van der Waals surface area contributed by atoms with E-state index in [1.165, 1.54) is 0 Å². The Morgan fingerprint density at radius 1 is 1.22 bits per heavy atom. The van der Waals surface area contributed by atoms with Gasteiger partial charge in [0.25, 0.3) is 0 Å². The lowest BCUT2D eigenvalue weighted by molar-refractivity contribution is -0.127. The van der Waals surface area contributed by atoms with Gasteiger partial charge in [-0.05, 0) is 25.6 Å². The lowest BCUT2D eigenvalue weighted by Crippen LogP contribution is -2.59. The zero-order valence-corrected chi connectivity index (χ0v) is 16.7. The van der Waals surface area contributed by atoms with E-state index >= 15 is 0 Å². The smallest absolute Gasteiger partial charge is 0.222 e. The summed E-state index contributed by atoms with van der Waals surface area (Å²) in [6, 6.07) is 4.51. The molecule has 4 heterocycles. The van der Waals surface area contributed by atoms with Gasteiger partial charge in [0.15, 0.2) is 11.5 Å². The van der Waals surface area contributed by atoms with Gasteiger partial charge in [-0.25, -0.2) is 0 Å². The van der Waals surface area contributed by atoms with Crippen LogP contribution in [0.2, 0.25) is 0 Å². The van der Waals surface area contributed by atoms with Crippen LogP contribution in [0.25, 0.3) is 5.65 Å². The molecule has 2 aromatic rings. The highest BCUT2D eigenvalue weighted by atomic mass is 16.2. The Hall–Kier alpha value is -2.22. The van der Waals surface area contributed by atoms with Crippen LogP contribution in [0.1, 0.15) is 39.4 Å². The maximum absolute atomic E-state index is 11.7. The number of hydrogen-bond acceptors (Lipinski definition) is 6. The molecule has 0 aromatic carbocycles. The highest BCUT2D eigenvalue weighted by Crippen LogP contribution is 2.24. The van der Waals surface area contributed by atoms with Gasteiger partial charge in [-0.2, -0.15) is 4.52 Å². The largest absolute Gasteiger partial charge is 0.352 e. The minimum absolute atomic E-state index is 0.101. The number of carbonyl (C=O) groups excluding carboxylic acids is 1. The van der Waals surface area contributed by atoms with Crippen LogP contribution in [-0.2, 0) is 10.2 Å². The molecule has 4 rings (SSSR count). The van der Waals surface area contributed by atoms with E-state index in [0.717, 1.165) is 56.4 Å². The number of likely N-dealkylation sites (tertiary alicyclic amines) is 1. The van der Waals surface area contributed by atoms with Gasteiger partial charge in [0.05, 0.1) is 0 Å². The van der Waals surface area contributed by atoms with E-state index < -0.39 is 0 Å². The first-order chi connectivity index (χ1) is 12.8. The minimum atomic E-state index is -0.101. The molecule has 0 bridgehead atoms. The number of fused-ring (bicyclic) bond motifs is 1. The second kappa shape index (κ2) is 6.74. The summed E-state index contributed by atoms with van der Waals surface area (Å²) < 4.78 is 1.87. The topological polar surface area (TPSA) is 69.9 Å². The summed E-state index contributed by atoms with van der Waals surface area (Å²) >= 11 is 0. The fourth-order valence-corrected chi connectivity index (χ4v) is 3.74. The predicted octanol–water partition coefficient (Wildman–Crippen LogP) is 1.16. The minimum Gasteiger partial charge on any atom is -0.352 e. The van der Waals surface area contributed by atoms with Crippen LogP contribution >= 0.6 is 0 Å². The Labute approximate surface area is 160 Å². The zero-order chi connectivity index (χ0) is 19.2. The van der Waals surface area contributed by atoms with E-state index in [1.807, 2.05) is 21.5 Å².